The first-order valence-electron chi connectivity index (χ1n) is 4.63. The smallest absolute Gasteiger partial charge is 0.272 e. The number of aliphatic hydroxyl groups is 3. The first-order chi connectivity index (χ1) is 7.56. The maximum Gasteiger partial charge on any atom is 0.272 e. The van der Waals surface area contributed by atoms with E-state index in [1.807, 2.05) is 0 Å². The fraction of sp³-hybridized carbons (Fsp3) is 0.444. The van der Waals surface area contributed by atoms with E-state index in [0.29, 0.717) is 0 Å². The number of aliphatic hydroxyl groups excluding tert-OH is 3. The van der Waals surface area contributed by atoms with E-state index in [0.717, 1.165) is 6.07 Å². The molecule has 16 heavy (non-hydrogen) atoms. The van der Waals surface area contributed by atoms with Gasteiger partial charge in [-0.3, -0.25) is 15.1 Å². The van der Waals surface area contributed by atoms with Crippen molar-refractivity contribution in [1.29, 1.82) is 0 Å². The molecule has 3 N–H and O–H groups in total. The van der Waals surface area contributed by atoms with Crippen molar-refractivity contribution < 1.29 is 20.2 Å². The lowest BCUT2D eigenvalue weighted by atomic mass is 10.1. The summed E-state index contributed by atoms with van der Waals surface area (Å²) in [5.74, 6) is 0. The summed E-state index contributed by atoms with van der Waals surface area (Å²) in [6.45, 7) is -0.285. The van der Waals surface area contributed by atoms with E-state index in [2.05, 4.69) is 4.98 Å². The van der Waals surface area contributed by atoms with E-state index in [-0.39, 0.29) is 24.4 Å². The molecule has 88 valence electrons. The van der Waals surface area contributed by atoms with Gasteiger partial charge in [-0.15, -0.1) is 0 Å². The first kappa shape index (κ1) is 12.5. The lowest BCUT2D eigenvalue weighted by Crippen LogP contribution is -2.20. The van der Waals surface area contributed by atoms with Gasteiger partial charge in [0.15, 0.2) is 0 Å². The van der Waals surface area contributed by atoms with Gasteiger partial charge < -0.3 is 15.3 Å². The van der Waals surface area contributed by atoms with Crippen molar-refractivity contribution in [3.05, 3.63) is 34.1 Å². The highest BCUT2D eigenvalue weighted by molar-refractivity contribution is 5.30. The predicted molar refractivity (Wildman–Crippen MR) is 53.6 cm³/mol. The van der Waals surface area contributed by atoms with Crippen LogP contribution in [0.15, 0.2) is 18.3 Å². The summed E-state index contributed by atoms with van der Waals surface area (Å²) in [5.41, 5.74) is -0.199. The Morgan fingerprint density at radius 2 is 2.19 bits per heavy atom. The van der Waals surface area contributed by atoms with Crippen LogP contribution >= 0.6 is 0 Å². The Hall–Kier alpha value is -1.57. The molecule has 1 aromatic rings. The van der Waals surface area contributed by atoms with Gasteiger partial charge in [0, 0.05) is 24.9 Å². The molecule has 0 aliphatic rings. The molecule has 0 aliphatic carbocycles. The number of nitro groups is 1. The Morgan fingerprint density at radius 1 is 1.50 bits per heavy atom. The summed E-state index contributed by atoms with van der Waals surface area (Å²) in [6, 6.07) is 2.28. The van der Waals surface area contributed by atoms with Crippen LogP contribution in [-0.4, -0.2) is 37.9 Å². The van der Waals surface area contributed by atoms with Crippen LogP contribution in [0.3, 0.4) is 0 Å². The third-order valence-corrected chi connectivity index (χ3v) is 2.07. The molecule has 1 rings (SSSR count). The van der Waals surface area contributed by atoms with E-state index in [9.17, 15) is 20.3 Å². The fourth-order valence-corrected chi connectivity index (χ4v) is 1.20. The summed E-state index contributed by atoms with van der Waals surface area (Å²) < 4.78 is 0. The quantitative estimate of drug-likeness (QED) is 0.473. The molecule has 2 atom stereocenters. The van der Waals surface area contributed by atoms with Crippen molar-refractivity contribution in [2.45, 2.75) is 18.6 Å². The van der Waals surface area contributed by atoms with Gasteiger partial charge in [-0.25, -0.2) is 0 Å². The Balaban J connectivity index is 2.86. The van der Waals surface area contributed by atoms with E-state index >= 15 is 0 Å². The summed E-state index contributed by atoms with van der Waals surface area (Å²) in [6.07, 6.45) is -1.37. The minimum Gasteiger partial charge on any atom is -0.396 e. The monoisotopic (exact) mass is 228 g/mol. The third-order valence-electron chi connectivity index (χ3n) is 2.07. The molecule has 0 bridgehead atoms. The first-order valence-corrected chi connectivity index (χ1v) is 4.63. The molecule has 0 spiro atoms. The normalized spacial score (nSPS) is 14.4. The van der Waals surface area contributed by atoms with Crippen molar-refractivity contribution >= 4 is 5.69 Å². The molecule has 7 heteroatoms. The van der Waals surface area contributed by atoms with Crippen molar-refractivity contribution in [2.24, 2.45) is 0 Å². The maximum absolute atomic E-state index is 10.5. The third kappa shape index (κ3) is 2.96. The van der Waals surface area contributed by atoms with Crippen LogP contribution in [-0.2, 0) is 0 Å². The lowest BCUT2D eigenvalue weighted by molar-refractivity contribution is -0.385. The van der Waals surface area contributed by atoms with Gasteiger partial charge in [0.25, 0.3) is 5.69 Å². The van der Waals surface area contributed by atoms with Crippen LogP contribution in [0.2, 0.25) is 0 Å². The zero-order valence-electron chi connectivity index (χ0n) is 8.35. The average molecular weight is 228 g/mol. The Kier molecular flexibility index (Phi) is 4.29. The number of rotatable bonds is 5. The molecule has 0 fully saturated rings. The highest BCUT2D eigenvalue weighted by atomic mass is 16.6. The lowest BCUT2D eigenvalue weighted by Gasteiger charge is -2.15. The molecule has 2 unspecified atom stereocenters. The largest absolute Gasteiger partial charge is 0.396 e. The maximum atomic E-state index is 10.5. The van der Waals surface area contributed by atoms with Gasteiger partial charge in [-0.2, -0.15) is 0 Å². The van der Waals surface area contributed by atoms with Gasteiger partial charge >= 0.3 is 0 Å². The fourth-order valence-electron chi connectivity index (χ4n) is 1.20. The Labute approximate surface area is 91.1 Å². The van der Waals surface area contributed by atoms with Gasteiger partial charge in [0.05, 0.1) is 16.7 Å². The van der Waals surface area contributed by atoms with Crippen molar-refractivity contribution in [2.75, 3.05) is 6.61 Å². The zero-order chi connectivity index (χ0) is 12.1. The number of hydrogen-bond donors (Lipinski definition) is 3. The standard InChI is InChI=1S/C9H12N2O5/c12-4-2-8(13)9(14)7-5-6(11(15)16)1-3-10-7/h1,3,5,8-9,12-14H,2,4H2. The van der Waals surface area contributed by atoms with Crippen LogP contribution in [0.4, 0.5) is 5.69 Å². The molecule has 0 amide bonds. The predicted octanol–water partition coefficient (Wildman–Crippen LogP) is -0.233. The second kappa shape index (κ2) is 5.50. The topological polar surface area (TPSA) is 117 Å². The minimum absolute atomic E-state index is 0.00940. The van der Waals surface area contributed by atoms with Crippen molar-refractivity contribution in [3.63, 3.8) is 0 Å². The van der Waals surface area contributed by atoms with E-state index in [1.165, 1.54) is 12.3 Å². The Morgan fingerprint density at radius 3 is 2.75 bits per heavy atom. The van der Waals surface area contributed by atoms with E-state index < -0.39 is 17.1 Å². The van der Waals surface area contributed by atoms with Crippen LogP contribution in [0, 0.1) is 10.1 Å². The molecular formula is C9H12N2O5. The number of pyridine rings is 1. The molecule has 7 nitrogen and oxygen atoms in total. The number of nitrogens with zero attached hydrogens (tertiary/aromatic N) is 2. The molecule has 1 heterocycles. The second-order valence-corrected chi connectivity index (χ2v) is 3.22. The summed E-state index contributed by atoms with van der Waals surface area (Å²) in [4.78, 5) is 13.6. The van der Waals surface area contributed by atoms with Gasteiger partial charge in [0.2, 0.25) is 0 Å². The zero-order valence-corrected chi connectivity index (χ0v) is 8.35. The molecule has 0 aromatic carbocycles. The highest BCUT2D eigenvalue weighted by Gasteiger charge is 2.21. The molecule has 0 radical (unpaired) electrons. The van der Waals surface area contributed by atoms with Gasteiger partial charge in [0.1, 0.15) is 6.10 Å². The van der Waals surface area contributed by atoms with Crippen LogP contribution in [0.25, 0.3) is 0 Å². The number of aromatic nitrogens is 1. The van der Waals surface area contributed by atoms with Crippen LogP contribution < -0.4 is 0 Å². The van der Waals surface area contributed by atoms with Crippen molar-refractivity contribution in [1.82, 2.24) is 4.98 Å². The van der Waals surface area contributed by atoms with Crippen LogP contribution in [0.5, 0.6) is 0 Å². The highest BCUT2D eigenvalue weighted by Crippen LogP contribution is 2.20. The van der Waals surface area contributed by atoms with Gasteiger partial charge in [-0.05, 0) is 6.42 Å². The summed E-state index contributed by atoms with van der Waals surface area (Å²) >= 11 is 0. The SMILES string of the molecule is O=[N+]([O-])c1ccnc(C(O)C(O)CCO)c1. The second-order valence-electron chi connectivity index (χ2n) is 3.22. The van der Waals surface area contributed by atoms with Crippen molar-refractivity contribution in [3.8, 4) is 0 Å². The summed E-state index contributed by atoms with van der Waals surface area (Å²) in [5, 5.41) is 38.0. The molecular weight excluding hydrogens is 216 g/mol. The van der Waals surface area contributed by atoms with E-state index in [4.69, 9.17) is 5.11 Å². The van der Waals surface area contributed by atoms with E-state index in [1.54, 1.807) is 0 Å². The molecule has 0 aliphatic heterocycles. The Bertz CT molecular complexity index is 371. The average Bonchev–Trinajstić information content (AvgIpc) is 2.28. The summed E-state index contributed by atoms with van der Waals surface area (Å²) in [7, 11) is 0. The van der Waals surface area contributed by atoms with Gasteiger partial charge in [-0.1, -0.05) is 0 Å². The molecule has 1 aromatic heterocycles. The minimum atomic E-state index is -1.34. The molecule has 0 saturated heterocycles. The molecule has 0 saturated carbocycles. The number of hydrogen-bond acceptors (Lipinski definition) is 6. The van der Waals surface area contributed by atoms with Crippen LogP contribution in [0.1, 0.15) is 18.2 Å².